The second-order valence-corrected chi connectivity index (χ2v) is 16.4. The number of aromatic nitrogens is 5. The summed E-state index contributed by atoms with van der Waals surface area (Å²) in [6, 6.07) is 22.0. The first-order chi connectivity index (χ1) is 22.1. The molecule has 4 heterocycles. The number of aliphatic hydroxyl groups is 1. The molecule has 1 N–H and O–H groups in total. The minimum atomic E-state index is -3.40. The molecule has 1 saturated heterocycles. The van der Waals surface area contributed by atoms with Crippen LogP contribution in [0.2, 0.25) is 18.6 Å². The molecule has 0 radical (unpaired) electrons. The van der Waals surface area contributed by atoms with Gasteiger partial charge in [-0.15, -0.1) is 5.10 Å². The minimum absolute atomic E-state index is 0.0313. The van der Waals surface area contributed by atoms with Crippen molar-refractivity contribution in [1.82, 2.24) is 24.8 Å². The smallest absolute Gasteiger partial charge is 0.279 e. The Balaban J connectivity index is 1.35. The zero-order valence-corrected chi connectivity index (χ0v) is 26.9. The number of hydrogen-bond acceptors (Lipinski definition) is 7. The van der Waals surface area contributed by atoms with Gasteiger partial charge in [-0.25, -0.2) is 0 Å². The number of aliphatic hydroxyl groups excluding tert-OH is 1. The summed E-state index contributed by atoms with van der Waals surface area (Å²) in [5, 5.41) is 23.3. The van der Waals surface area contributed by atoms with Crippen LogP contribution < -0.4 is 10.5 Å². The zero-order valence-electron chi connectivity index (χ0n) is 25.9. The van der Waals surface area contributed by atoms with Crippen LogP contribution in [-0.2, 0) is 28.1 Å². The standard InChI is InChI=1S/C34H35FN6O4Si/c1-22-31(46(2,3)35)30(15-17-39-21-24(16-18-42)37-38-39)45-34(22)28-19-26(41-32(43)27-12-8-7-9-23(27)20-36-41)13-14-29(28)40(33(34)44)25-10-5-4-6-11-25/h4-14,19-22,30-31,42H,15-18H2,1-3H3/t22-,30+,31-,34+/m0/s1. The number of fused-ring (bicyclic) bond motifs is 3. The molecule has 0 unspecified atom stereocenters. The van der Waals surface area contributed by atoms with Crippen LogP contribution in [0.5, 0.6) is 0 Å². The number of hydrogen-bond donors (Lipinski definition) is 1. The third kappa shape index (κ3) is 4.79. The third-order valence-corrected chi connectivity index (χ3v) is 11.9. The lowest BCUT2D eigenvalue weighted by Crippen LogP contribution is -2.44. The van der Waals surface area contributed by atoms with E-state index in [2.05, 4.69) is 15.4 Å². The quantitative estimate of drug-likeness (QED) is 0.187. The van der Waals surface area contributed by atoms with Gasteiger partial charge in [0.15, 0.2) is 5.60 Å². The van der Waals surface area contributed by atoms with Crippen molar-refractivity contribution in [3.8, 4) is 5.69 Å². The second-order valence-electron chi connectivity index (χ2n) is 12.6. The maximum Gasteiger partial charge on any atom is 0.279 e. The number of rotatable bonds is 8. The monoisotopic (exact) mass is 638 g/mol. The first kappa shape index (κ1) is 30.1. The number of ether oxygens (including phenoxy) is 1. The van der Waals surface area contributed by atoms with Gasteiger partial charge in [0.1, 0.15) is 0 Å². The number of carbonyl (C=O) groups excluding carboxylic acids is 1. The van der Waals surface area contributed by atoms with E-state index in [0.29, 0.717) is 53.1 Å². The van der Waals surface area contributed by atoms with E-state index in [1.807, 2.05) is 61.5 Å². The summed E-state index contributed by atoms with van der Waals surface area (Å²) >= 11 is 0. The van der Waals surface area contributed by atoms with E-state index in [1.54, 1.807) is 53.3 Å². The molecule has 10 nitrogen and oxygen atoms in total. The Hall–Kier alpha value is -4.52. The highest BCUT2D eigenvalue weighted by Gasteiger charge is 2.67. The molecule has 2 aromatic heterocycles. The van der Waals surface area contributed by atoms with Crippen molar-refractivity contribution in [3.63, 3.8) is 0 Å². The van der Waals surface area contributed by atoms with Crippen LogP contribution >= 0.6 is 0 Å². The van der Waals surface area contributed by atoms with Crippen molar-refractivity contribution in [3.05, 3.63) is 107 Å². The maximum absolute atomic E-state index is 16.3. The van der Waals surface area contributed by atoms with E-state index in [9.17, 15) is 14.7 Å². The molecule has 2 aliphatic heterocycles. The molecule has 0 bridgehead atoms. The van der Waals surface area contributed by atoms with Crippen LogP contribution in [0.1, 0.15) is 24.6 Å². The predicted octanol–water partition coefficient (Wildman–Crippen LogP) is 5.06. The van der Waals surface area contributed by atoms with Gasteiger partial charge in [-0.3, -0.25) is 19.2 Å². The molecule has 46 heavy (non-hydrogen) atoms. The van der Waals surface area contributed by atoms with Gasteiger partial charge >= 0.3 is 0 Å². The number of anilines is 2. The SMILES string of the molecule is C[C@H]1[C@H]([Si](C)(C)F)[C@@H](CCn2cc(CCO)nn2)O[C@]12C(=O)N(c1ccccc1)c1ccc(-n3ncc4ccccc4c3=O)cc12. The van der Waals surface area contributed by atoms with Crippen molar-refractivity contribution in [2.75, 3.05) is 11.5 Å². The molecule has 5 aromatic rings. The fourth-order valence-corrected chi connectivity index (χ4v) is 9.95. The molecule has 1 spiro atoms. The summed E-state index contributed by atoms with van der Waals surface area (Å²) < 4.78 is 26.3. The molecular weight excluding hydrogens is 603 g/mol. The summed E-state index contributed by atoms with van der Waals surface area (Å²) in [4.78, 5) is 30.0. The first-order valence-corrected chi connectivity index (χ1v) is 18.5. The van der Waals surface area contributed by atoms with Crippen molar-refractivity contribution in [2.45, 2.75) is 56.7 Å². The summed E-state index contributed by atoms with van der Waals surface area (Å²) in [6.45, 7) is 5.63. The Kier molecular flexibility index (Phi) is 7.45. The highest BCUT2D eigenvalue weighted by Crippen LogP contribution is 2.61. The van der Waals surface area contributed by atoms with Gasteiger partial charge in [0.25, 0.3) is 11.5 Å². The Bertz CT molecular complexity index is 1990. The fraction of sp³-hybridized carbons (Fsp3) is 0.324. The molecule has 0 aliphatic carbocycles. The van der Waals surface area contributed by atoms with E-state index >= 15 is 4.11 Å². The van der Waals surface area contributed by atoms with Gasteiger partial charge in [0.2, 0.25) is 8.41 Å². The molecule has 2 aliphatic rings. The van der Waals surface area contributed by atoms with E-state index in [4.69, 9.17) is 4.74 Å². The predicted molar refractivity (Wildman–Crippen MR) is 174 cm³/mol. The lowest BCUT2D eigenvalue weighted by molar-refractivity contribution is -0.145. The summed E-state index contributed by atoms with van der Waals surface area (Å²) in [7, 11) is -3.40. The van der Waals surface area contributed by atoms with E-state index in [1.165, 1.54) is 4.68 Å². The molecule has 236 valence electrons. The van der Waals surface area contributed by atoms with E-state index in [0.717, 1.165) is 5.39 Å². The number of halogens is 1. The summed E-state index contributed by atoms with van der Waals surface area (Å²) in [5.41, 5.74) is 0.767. The highest BCUT2D eigenvalue weighted by molar-refractivity contribution is 6.72. The molecule has 3 aromatic carbocycles. The number of carbonyl (C=O) groups is 1. The normalized spacial score (nSPS) is 22.7. The fourth-order valence-electron chi connectivity index (χ4n) is 7.41. The molecule has 7 rings (SSSR count). The summed E-state index contributed by atoms with van der Waals surface area (Å²) in [6.07, 6.45) is 3.65. The third-order valence-electron chi connectivity index (χ3n) is 9.40. The number of benzene rings is 3. The van der Waals surface area contributed by atoms with E-state index < -0.39 is 31.6 Å². The van der Waals surface area contributed by atoms with Gasteiger partial charge in [0.05, 0.1) is 34.8 Å². The summed E-state index contributed by atoms with van der Waals surface area (Å²) in [5.74, 6) is -0.796. The molecule has 12 heteroatoms. The number of aryl methyl sites for hydroxylation is 1. The molecule has 4 atom stereocenters. The lowest BCUT2D eigenvalue weighted by atomic mass is 9.82. The topological polar surface area (TPSA) is 115 Å². The van der Waals surface area contributed by atoms with Crippen molar-refractivity contribution >= 4 is 36.5 Å². The minimum Gasteiger partial charge on any atom is -0.396 e. The van der Waals surface area contributed by atoms with Crippen LogP contribution in [0, 0.1) is 5.92 Å². The van der Waals surface area contributed by atoms with Crippen molar-refractivity contribution in [2.24, 2.45) is 5.92 Å². The number of para-hydroxylation sites is 1. The molecule has 1 amide bonds. The Labute approximate surface area is 266 Å². The van der Waals surface area contributed by atoms with Crippen LogP contribution in [0.4, 0.5) is 15.5 Å². The van der Waals surface area contributed by atoms with Gasteiger partial charge in [0, 0.05) is 53.9 Å². The zero-order chi connectivity index (χ0) is 32.2. The number of nitrogens with zero attached hydrogens (tertiary/aromatic N) is 6. The Morgan fingerprint density at radius 3 is 2.54 bits per heavy atom. The average molecular weight is 639 g/mol. The van der Waals surface area contributed by atoms with Crippen LogP contribution in [0.3, 0.4) is 0 Å². The van der Waals surface area contributed by atoms with Crippen molar-refractivity contribution in [1.29, 1.82) is 0 Å². The molecule has 1 fully saturated rings. The largest absolute Gasteiger partial charge is 0.396 e. The van der Waals surface area contributed by atoms with E-state index in [-0.39, 0.29) is 18.1 Å². The van der Waals surface area contributed by atoms with Crippen molar-refractivity contribution < 1.29 is 18.7 Å². The number of amides is 1. The molecule has 0 saturated carbocycles. The Morgan fingerprint density at radius 2 is 1.78 bits per heavy atom. The second kappa shape index (κ2) is 11.4. The van der Waals surface area contributed by atoms with Gasteiger partial charge < -0.3 is 14.0 Å². The first-order valence-electron chi connectivity index (χ1n) is 15.5. The Morgan fingerprint density at radius 1 is 1.02 bits per heavy atom. The van der Waals surface area contributed by atoms with Crippen LogP contribution in [0.15, 0.2) is 90.0 Å². The van der Waals surface area contributed by atoms with Gasteiger partial charge in [-0.1, -0.05) is 48.5 Å². The van der Waals surface area contributed by atoms with Crippen LogP contribution in [0.25, 0.3) is 16.5 Å². The lowest BCUT2D eigenvalue weighted by Gasteiger charge is -2.31. The van der Waals surface area contributed by atoms with Gasteiger partial charge in [-0.05, 0) is 55.9 Å². The highest BCUT2D eigenvalue weighted by atomic mass is 28.4. The maximum atomic E-state index is 16.3. The van der Waals surface area contributed by atoms with Gasteiger partial charge in [-0.2, -0.15) is 9.78 Å². The average Bonchev–Trinajstić information content (AvgIpc) is 3.69. The van der Waals surface area contributed by atoms with Crippen LogP contribution in [-0.4, -0.2) is 56.9 Å². The molecular formula is C34H35FN6O4Si.